The maximum atomic E-state index is 11.3. The van der Waals surface area contributed by atoms with Crippen molar-refractivity contribution in [3.63, 3.8) is 0 Å². The fourth-order valence-corrected chi connectivity index (χ4v) is 1.05. The van der Waals surface area contributed by atoms with E-state index in [9.17, 15) is 25.8 Å². The molecule has 0 aliphatic heterocycles. The van der Waals surface area contributed by atoms with Gasteiger partial charge < -0.3 is 14.3 Å². The van der Waals surface area contributed by atoms with E-state index in [1.54, 1.807) is 44.9 Å². The molecular weight excluding hydrogens is 369 g/mol. The molecule has 0 amide bonds. The Morgan fingerprint density at radius 1 is 1.17 bits per heavy atom. The number of carbonyl (C=O) groups excluding carboxylic acids is 1. The summed E-state index contributed by atoms with van der Waals surface area (Å²) in [4.78, 5) is 22.8. The predicted octanol–water partition coefficient (Wildman–Crippen LogP) is 0.172. The number of halogens is 6. The number of rotatable bonds is 5. The van der Waals surface area contributed by atoms with Crippen LogP contribution in [-0.2, 0) is 14.4 Å². The molecule has 0 aromatic heterocycles. The average molecular weight is 387 g/mol. The van der Waals surface area contributed by atoms with E-state index in [0.717, 1.165) is 0 Å². The Balaban J connectivity index is -0.000000538. The molecule has 0 aliphatic carbocycles. The first-order chi connectivity index (χ1) is 10.2. The Bertz CT molecular complexity index is 437. The van der Waals surface area contributed by atoms with Crippen molar-refractivity contribution in [3.8, 4) is 0 Å². The van der Waals surface area contributed by atoms with Gasteiger partial charge in [-0.1, -0.05) is 6.57 Å². The van der Waals surface area contributed by atoms with Crippen LogP contribution in [0.3, 0.4) is 0 Å². The van der Waals surface area contributed by atoms with Crippen molar-refractivity contribution in [1.29, 1.82) is 0 Å². The van der Waals surface area contributed by atoms with Crippen LogP contribution in [0.1, 0.15) is 6.92 Å². The number of ether oxygens (including phenoxy) is 1. The summed E-state index contributed by atoms with van der Waals surface area (Å²) in [6.07, 6.45) is -0.457. The van der Waals surface area contributed by atoms with E-state index in [2.05, 4.69) is 14.7 Å². The first-order valence-corrected chi connectivity index (χ1v) is 7.58. The van der Waals surface area contributed by atoms with Gasteiger partial charge in [0, 0.05) is 0 Å². The number of amidine groups is 1. The van der Waals surface area contributed by atoms with Crippen LogP contribution in [0.2, 0.25) is 0 Å². The van der Waals surface area contributed by atoms with E-state index in [-0.39, 0.29) is 11.3 Å². The number of esters is 1. The molecule has 0 fully saturated rings. The second-order valence-electron chi connectivity index (χ2n) is 4.24. The summed E-state index contributed by atoms with van der Waals surface area (Å²) >= 11 is 0. The van der Waals surface area contributed by atoms with Crippen molar-refractivity contribution in [3.05, 3.63) is 11.4 Å². The molecule has 14 heteroatoms. The van der Waals surface area contributed by atoms with Gasteiger partial charge in [-0.3, -0.25) is 19.4 Å². The fraction of sp³-hybridized carbons (Fsp3) is 0.700. The Hall–Kier alpha value is -1.64. The summed E-state index contributed by atoms with van der Waals surface area (Å²) in [7, 11) is -1.38. The molecule has 0 atom stereocenters. The zero-order valence-corrected chi connectivity index (χ0v) is 14.4. The second-order valence-corrected chi connectivity index (χ2v) is 5.52. The predicted molar refractivity (Wildman–Crippen MR) is 75.4 cm³/mol. The Labute approximate surface area is 135 Å². The second kappa shape index (κ2) is 11.0. The van der Waals surface area contributed by atoms with Crippen molar-refractivity contribution in [1.82, 2.24) is 9.80 Å². The number of nitrogens with zero attached hydrogens (tertiary/aromatic N) is 4. The van der Waals surface area contributed by atoms with Crippen molar-refractivity contribution in [2.24, 2.45) is 5.16 Å². The van der Waals surface area contributed by atoms with Crippen LogP contribution in [0, 0.1) is 6.57 Å². The monoisotopic (exact) mass is 387 g/mol. The minimum absolute atomic E-state index is 0. The van der Waals surface area contributed by atoms with Crippen LogP contribution in [0.15, 0.2) is 5.16 Å². The quantitative estimate of drug-likeness (QED) is 0.0984. The molecule has 144 valence electrons. The van der Waals surface area contributed by atoms with Crippen LogP contribution < -0.4 is 4.70 Å². The zero-order chi connectivity index (χ0) is 18.9. The van der Waals surface area contributed by atoms with E-state index in [0.29, 0.717) is 0 Å². The van der Waals surface area contributed by atoms with Gasteiger partial charge in [0.2, 0.25) is 0 Å². The fourth-order valence-electron chi connectivity index (χ4n) is 1.05. The third-order valence-corrected chi connectivity index (χ3v) is 1.68. The smallest absolute Gasteiger partial charge is 0.398 e. The van der Waals surface area contributed by atoms with Crippen molar-refractivity contribution >= 4 is 20.0 Å². The van der Waals surface area contributed by atoms with Gasteiger partial charge in [-0.2, -0.15) is 0 Å². The van der Waals surface area contributed by atoms with Crippen LogP contribution >= 0.6 is 8.16 Å². The molecule has 0 saturated heterocycles. The van der Waals surface area contributed by atoms with E-state index >= 15 is 0 Å². The molecule has 0 unspecified atom stereocenters. The van der Waals surface area contributed by atoms with Crippen molar-refractivity contribution < 1.29 is 40.1 Å². The summed E-state index contributed by atoms with van der Waals surface area (Å²) < 4.78 is 53.9. The molecule has 0 radical (unpaired) electrons. The Morgan fingerprint density at radius 3 is 1.79 bits per heavy atom. The number of carbonyl (C=O) groups is 1. The normalized spacial score (nSPS) is 13.2. The van der Waals surface area contributed by atoms with Gasteiger partial charge in [0.25, 0.3) is 6.35 Å². The Kier molecular flexibility index (Phi) is 12.5. The average Bonchev–Trinajstić information content (AvgIpc) is 2.30. The van der Waals surface area contributed by atoms with E-state index in [1.165, 1.54) is 0 Å². The standard InChI is InChI=1S/C10H18N4O3.F5P.FH/c1-7-16-9(15)8(11-2)12-17-10(13(3)4)14(5)6;1-6(2,3,4)5;/h10H,7H2,1,3-6H3;;1H/p-1/b12-8-;;. The summed E-state index contributed by atoms with van der Waals surface area (Å²) in [6.45, 7) is 8.66. The summed E-state index contributed by atoms with van der Waals surface area (Å²) in [5.74, 6) is -1.20. The molecule has 0 saturated carbocycles. The summed E-state index contributed by atoms with van der Waals surface area (Å²) in [5.41, 5.74) is 0. The van der Waals surface area contributed by atoms with Crippen LogP contribution in [0.5, 0.6) is 0 Å². The minimum Gasteiger partial charge on any atom is -1.00 e. The van der Waals surface area contributed by atoms with Gasteiger partial charge in [0.15, 0.2) is 0 Å². The Morgan fingerprint density at radius 2 is 1.54 bits per heavy atom. The van der Waals surface area contributed by atoms with Gasteiger partial charge in [0.1, 0.15) is 0 Å². The molecule has 24 heavy (non-hydrogen) atoms. The van der Waals surface area contributed by atoms with Gasteiger partial charge in [0.05, 0.1) is 11.8 Å². The molecule has 7 nitrogen and oxygen atoms in total. The first kappa shape index (κ1) is 27.2. The summed E-state index contributed by atoms with van der Waals surface area (Å²) in [6, 6.07) is 0. The third kappa shape index (κ3) is 18.4. The van der Waals surface area contributed by atoms with Gasteiger partial charge in [-0.15, -0.1) is 0 Å². The van der Waals surface area contributed by atoms with E-state index in [4.69, 9.17) is 11.4 Å². The van der Waals surface area contributed by atoms with E-state index < -0.39 is 26.3 Å². The molecule has 0 aromatic rings. The molecule has 0 heterocycles. The van der Waals surface area contributed by atoms with Crippen molar-refractivity contribution in [2.45, 2.75) is 13.3 Å². The SMILES string of the molecule is FP(F)(F)(F)F.[C-]#[N+]/C(=N\OC(N(C)C)N(C)C)C(=O)OCC.[F-]. The largest absolute Gasteiger partial charge is 1.00 e. The minimum atomic E-state index is -8.55. The van der Waals surface area contributed by atoms with E-state index in [1.807, 2.05) is 0 Å². The maximum Gasteiger partial charge on any atom is 0.398 e. The first-order valence-electron chi connectivity index (χ1n) is 5.89. The summed E-state index contributed by atoms with van der Waals surface area (Å²) in [5, 5.41) is 3.51. The molecule has 0 aromatic carbocycles. The molecule has 0 bridgehead atoms. The topological polar surface area (TPSA) is 58.7 Å². The van der Waals surface area contributed by atoms with Crippen LogP contribution in [0.25, 0.3) is 4.85 Å². The third-order valence-electron chi connectivity index (χ3n) is 1.68. The van der Waals surface area contributed by atoms with Gasteiger partial charge in [-0.25, -0.2) is 0 Å². The van der Waals surface area contributed by atoms with Crippen molar-refractivity contribution in [2.75, 3.05) is 34.8 Å². The number of hydrogen-bond acceptors (Lipinski definition) is 6. The molecule has 0 N–H and O–H groups in total. The molecule has 0 spiro atoms. The molecule has 0 rings (SSSR count). The molecule has 0 aliphatic rings. The maximum absolute atomic E-state index is 11.3. The number of hydrogen-bond donors (Lipinski definition) is 0. The van der Waals surface area contributed by atoms with Crippen LogP contribution in [0.4, 0.5) is 21.0 Å². The number of oxime groups is 1. The van der Waals surface area contributed by atoms with Crippen LogP contribution in [-0.4, -0.2) is 62.8 Å². The zero-order valence-electron chi connectivity index (χ0n) is 13.5. The molecular formula is C10H18F6N4O3P-. The van der Waals surface area contributed by atoms with Gasteiger partial charge >= 0.3 is 40.9 Å². The van der Waals surface area contributed by atoms with Gasteiger partial charge in [-0.05, 0) is 35.1 Å².